The van der Waals surface area contributed by atoms with Crippen molar-refractivity contribution in [2.75, 3.05) is 14.1 Å². The first-order chi connectivity index (χ1) is 14.8. The number of rotatable bonds is 6. The molecule has 0 bridgehead atoms. The molecule has 0 unspecified atom stereocenters. The second kappa shape index (κ2) is 9.75. The van der Waals surface area contributed by atoms with Gasteiger partial charge in [0.25, 0.3) is 5.91 Å². The smallest absolute Gasteiger partial charge is 0.253 e. The number of nitrogens with zero attached hydrogens (tertiary/aromatic N) is 3. The zero-order chi connectivity index (χ0) is 22.5. The SMILES string of the molecule is Cc1cc(/C(C[C@@H](c2ccc(C(=O)N(C)C)cc2)c2ccc(Cl)cc2C)=N\O)ccn1. The third-order valence-electron chi connectivity index (χ3n) is 5.32. The van der Waals surface area contributed by atoms with Gasteiger partial charge in [-0.25, -0.2) is 0 Å². The fourth-order valence-electron chi connectivity index (χ4n) is 3.69. The van der Waals surface area contributed by atoms with Crippen LogP contribution in [0.25, 0.3) is 0 Å². The average Bonchev–Trinajstić information content (AvgIpc) is 2.75. The van der Waals surface area contributed by atoms with Gasteiger partial charge >= 0.3 is 0 Å². The third kappa shape index (κ3) is 5.30. The van der Waals surface area contributed by atoms with E-state index in [1.807, 2.05) is 68.4 Å². The number of hydrogen-bond donors (Lipinski definition) is 1. The molecule has 3 rings (SSSR count). The number of pyridine rings is 1. The zero-order valence-corrected chi connectivity index (χ0v) is 18.9. The maximum absolute atomic E-state index is 12.3. The Morgan fingerprint density at radius 1 is 1.06 bits per heavy atom. The Morgan fingerprint density at radius 2 is 1.77 bits per heavy atom. The molecule has 0 aliphatic heterocycles. The summed E-state index contributed by atoms with van der Waals surface area (Å²) in [6.07, 6.45) is 2.18. The van der Waals surface area contributed by atoms with Gasteiger partial charge in [-0.1, -0.05) is 35.0 Å². The summed E-state index contributed by atoms with van der Waals surface area (Å²) in [6.45, 7) is 3.92. The van der Waals surface area contributed by atoms with Crippen molar-refractivity contribution in [2.45, 2.75) is 26.2 Å². The Morgan fingerprint density at radius 3 is 2.35 bits per heavy atom. The van der Waals surface area contributed by atoms with Crippen LogP contribution in [0.15, 0.2) is 65.9 Å². The summed E-state index contributed by atoms with van der Waals surface area (Å²) in [4.78, 5) is 18.1. The molecule has 3 aromatic rings. The molecule has 6 heteroatoms. The Kier molecular flexibility index (Phi) is 7.08. The van der Waals surface area contributed by atoms with Crippen molar-refractivity contribution in [1.82, 2.24) is 9.88 Å². The summed E-state index contributed by atoms with van der Waals surface area (Å²) in [6, 6.07) is 17.1. The molecule has 5 nitrogen and oxygen atoms in total. The number of benzene rings is 2. The predicted octanol–water partition coefficient (Wildman–Crippen LogP) is 5.45. The molecule has 160 valence electrons. The average molecular weight is 436 g/mol. The quantitative estimate of drug-likeness (QED) is 0.318. The minimum Gasteiger partial charge on any atom is -0.411 e. The first kappa shape index (κ1) is 22.5. The molecule has 31 heavy (non-hydrogen) atoms. The number of carbonyl (C=O) groups excluding carboxylic acids is 1. The highest BCUT2D eigenvalue weighted by Gasteiger charge is 2.21. The van der Waals surface area contributed by atoms with E-state index in [0.717, 1.165) is 27.9 Å². The number of carbonyl (C=O) groups is 1. The number of oxime groups is 1. The molecule has 1 N–H and O–H groups in total. The van der Waals surface area contributed by atoms with Gasteiger partial charge in [0.2, 0.25) is 0 Å². The third-order valence-corrected chi connectivity index (χ3v) is 5.56. The van der Waals surface area contributed by atoms with Crippen LogP contribution in [0.1, 0.15) is 50.6 Å². The van der Waals surface area contributed by atoms with Crippen molar-refractivity contribution in [2.24, 2.45) is 5.16 Å². The monoisotopic (exact) mass is 435 g/mol. The van der Waals surface area contributed by atoms with Crippen LogP contribution < -0.4 is 0 Å². The van der Waals surface area contributed by atoms with Gasteiger partial charge < -0.3 is 10.1 Å². The van der Waals surface area contributed by atoms with Crippen LogP contribution in [-0.2, 0) is 0 Å². The number of amides is 1. The van der Waals surface area contributed by atoms with Gasteiger partial charge in [-0.3, -0.25) is 9.78 Å². The lowest BCUT2D eigenvalue weighted by Crippen LogP contribution is -2.21. The van der Waals surface area contributed by atoms with Crippen LogP contribution in [0.5, 0.6) is 0 Å². The number of aryl methyl sites for hydroxylation is 2. The minimum atomic E-state index is -0.0832. The summed E-state index contributed by atoms with van der Waals surface area (Å²) in [7, 11) is 3.47. The van der Waals surface area contributed by atoms with Crippen molar-refractivity contribution >= 4 is 23.2 Å². The fourth-order valence-corrected chi connectivity index (χ4v) is 3.92. The molecule has 1 aromatic heterocycles. The topological polar surface area (TPSA) is 65.8 Å². The van der Waals surface area contributed by atoms with E-state index >= 15 is 0 Å². The van der Waals surface area contributed by atoms with Gasteiger partial charge in [-0.2, -0.15) is 0 Å². The summed E-state index contributed by atoms with van der Waals surface area (Å²) in [5.74, 6) is -0.129. The summed E-state index contributed by atoms with van der Waals surface area (Å²) in [5, 5.41) is 14.1. The van der Waals surface area contributed by atoms with Crippen molar-refractivity contribution in [3.8, 4) is 0 Å². The van der Waals surface area contributed by atoms with E-state index in [2.05, 4.69) is 10.1 Å². The Labute approximate surface area is 188 Å². The second-order valence-electron chi connectivity index (χ2n) is 7.81. The number of hydrogen-bond acceptors (Lipinski definition) is 4. The van der Waals surface area contributed by atoms with Crippen LogP contribution in [0.4, 0.5) is 0 Å². The molecular weight excluding hydrogens is 410 g/mol. The lowest BCUT2D eigenvalue weighted by molar-refractivity contribution is 0.0827. The number of halogens is 1. The lowest BCUT2D eigenvalue weighted by Gasteiger charge is -2.22. The second-order valence-corrected chi connectivity index (χ2v) is 8.25. The van der Waals surface area contributed by atoms with Gasteiger partial charge in [0.1, 0.15) is 0 Å². The van der Waals surface area contributed by atoms with Gasteiger partial charge in [0, 0.05) is 54.5 Å². The summed E-state index contributed by atoms with van der Waals surface area (Å²) < 4.78 is 0. The van der Waals surface area contributed by atoms with E-state index in [1.165, 1.54) is 0 Å². The highest BCUT2D eigenvalue weighted by atomic mass is 35.5. The molecule has 0 spiro atoms. The highest BCUT2D eigenvalue weighted by molar-refractivity contribution is 6.30. The predicted molar refractivity (Wildman–Crippen MR) is 124 cm³/mol. The van der Waals surface area contributed by atoms with Crippen LogP contribution in [0, 0.1) is 13.8 Å². The maximum atomic E-state index is 12.3. The molecule has 0 aliphatic rings. The van der Waals surface area contributed by atoms with Crippen LogP contribution in [0.3, 0.4) is 0 Å². The van der Waals surface area contributed by atoms with Gasteiger partial charge in [-0.15, -0.1) is 0 Å². The van der Waals surface area contributed by atoms with Gasteiger partial charge in [-0.05, 0) is 66.9 Å². The first-order valence-electron chi connectivity index (χ1n) is 10.0. The first-order valence-corrected chi connectivity index (χ1v) is 10.4. The van der Waals surface area contributed by atoms with Crippen molar-refractivity contribution < 1.29 is 10.0 Å². The van der Waals surface area contributed by atoms with Crippen LogP contribution >= 0.6 is 11.6 Å². The lowest BCUT2D eigenvalue weighted by atomic mass is 9.83. The highest BCUT2D eigenvalue weighted by Crippen LogP contribution is 2.33. The van der Waals surface area contributed by atoms with Gasteiger partial charge in [0.05, 0.1) is 5.71 Å². The van der Waals surface area contributed by atoms with E-state index in [4.69, 9.17) is 11.6 Å². The Balaban J connectivity index is 2.04. The molecule has 2 aromatic carbocycles. The molecule has 0 aliphatic carbocycles. The normalized spacial score (nSPS) is 12.5. The standard InChI is InChI=1S/C25H26ClN3O2/c1-16-13-21(26)9-10-22(16)23(15-24(28-31)20-11-12-27-17(2)14-20)18-5-7-19(8-6-18)25(30)29(3)4/h5-14,23,31H,15H2,1-4H3/b28-24-/t23-/m0/s1. The molecule has 0 radical (unpaired) electrons. The van der Waals surface area contributed by atoms with E-state index < -0.39 is 0 Å². The molecular formula is C25H26ClN3O2. The van der Waals surface area contributed by atoms with E-state index in [9.17, 15) is 10.0 Å². The van der Waals surface area contributed by atoms with Crippen molar-refractivity contribution in [3.63, 3.8) is 0 Å². The zero-order valence-electron chi connectivity index (χ0n) is 18.1. The molecule has 0 fully saturated rings. The Hall–Kier alpha value is -3.18. The summed E-state index contributed by atoms with van der Waals surface area (Å²) >= 11 is 6.19. The van der Waals surface area contributed by atoms with Crippen molar-refractivity contribution in [3.05, 3.63) is 99.3 Å². The molecule has 0 saturated heterocycles. The van der Waals surface area contributed by atoms with E-state index in [-0.39, 0.29) is 11.8 Å². The van der Waals surface area contributed by atoms with Crippen LogP contribution in [-0.4, -0.2) is 40.8 Å². The number of aromatic nitrogens is 1. The molecule has 0 saturated carbocycles. The largest absolute Gasteiger partial charge is 0.411 e. The Bertz CT molecular complexity index is 1110. The van der Waals surface area contributed by atoms with Crippen LogP contribution in [0.2, 0.25) is 5.02 Å². The molecule has 1 heterocycles. The molecule has 1 amide bonds. The van der Waals surface area contributed by atoms with Gasteiger partial charge in [0.15, 0.2) is 0 Å². The minimum absolute atomic E-state index is 0.0457. The van der Waals surface area contributed by atoms with Crippen molar-refractivity contribution in [1.29, 1.82) is 0 Å². The molecule has 1 atom stereocenters. The van der Waals surface area contributed by atoms with E-state index in [1.54, 1.807) is 25.2 Å². The van der Waals surface area contributed by atoms with E-state index in [0.29, 0.717) is 22.7 Å². The summed E-state index contributed by atoms with van der Waals surface area (Å²) in [5.41, 5.74) is 6.03. The fraction of sp³-hybridized carbons (Fsp3) is 0.240. The maximum Gasteiger partial charge on any atom is 0.253 e.